The SMILES string of the molecule is CCCC(C#N)N1CCN(c2nccc(C)c2C#N)CC1. The Morgan fingerprint density at radius 2 is 2.00 bits per heavy atom. The van der Waals surface area contributed by atoms with E-state index in [0.29, 0.717) is 5.56 Å². The van der Waals surface area contributed by atoms with Crippen molar-refractivity contribution in [2.45, 2.75) is 32.7 Å². The first-order valence-electron chi connectivity index (χ1n) is 7.45. The minimum Gasteiger partial charge on any atom is -0.353 e. The molecule has 0 N–H and O–H groups in total. The molecule has 1 fully saturated rings. The van der Waals surface area contributed by atoms with Gasteiger partial charge in [-0.25, -0.2) is 4.98 Å². The van der Waals surface area contributed by atoms with Crippen LogP contribution in [0.25, 0.3) is 0 Å². The third-order valence-electron chi connectivity index (χ3n) is 4.02. The predicted octanol–water partition coefficient (Wildman–Crippen LogP) is 2.08. The van der Waals surface area contributed by atoms with Crippen LogP contribution in [-0.4, -0.2) is 42.1 Å². The maximum Gasteiger partial charge on any atom is 0.146 e. The highest BCUT2D eigenvalue weighted by atomic mass is 15.3. The van der Waals surface area contributed by atoms with Crippen LogP contribution in [0.15, 0.2) is 12.3 Å². The smallest absolute Gasteiger partial charge is 0.146 e. The highest BCUT2D eigenvalue weighted by Gasteiger charge is 2.25. The van der Waals surface area contributed by atoms with Gasteiger partial charge in [0.1, 0.15) is 11.9 Å². The maximum absolute atomic E-state index is 9.31. The lowest BCUT2D eigenvalue weighted by molar-refractivity contribution is 0.211. The van der Waals surface area contributed by atoms with Crippen LogP contribution in [0.1, 0.15) is 30.9 Å². The van der Waals surface area contributed by atoms with Crippen molar-refractivity contribution in [2.75, 3.05) is 31.1 Å². The maximum atomic E-state index is 9.31. The van der Waals surface area contributed by atoms with E-state index in [9.17, 15) is 10.5 Å². The zero-order valence-corrected chi connectivity index (χ0v) is 12.7. The fourth-order valence-electron chi connectivity index (χ4n) is 2.77. The predicted molar refractivity (Wildman–Crippen MR) is 81.8 cm³/mol. The molecule has 0 spiro atoms. The second-order valence-electron chi connectivity index (χ2n) is 5.39. The Labute approximate surface area is 126 Å². The zero-order valence-electron chi connectivity index (χ0n) is 12.7. The number of hydrogen-bond donors (Lipinski definition) is 0. The lowest BCUT2D eigenvalue weighted by Gasteiger charge is -2.37. The van der Waals surface area contributed by atoms with Crippen LogP contribution < -0.4 is 4.90 Å². The van der Waals surface area contributed by atoms with Crippen molar-refractivity contribution in [2.24, 2.45) is 0 Å². The molecule has 5 heteroatoms. The molecule has 1 aliphatic rings. The van der Waals surface area contributed by atoms with Gasteiger partial charge in [0, 0.05) is 32.4 Å². The standard InChI is InChI=1S/C16H21N5/c1-3-4-14(11-17)20-7-9-21(10-8-20)16-15(12-18)13(2)5-6-19-16/h5-6,14H,3-4,7-10H2,1-2H3. The molecule has 1 aromatic rings. The Balaban J connectivity index is 2.07. The monoisotopic (exact) mass is 283 g/mol. The van der Waals surface area contributed by atoms with E-state index < -0.39 is 0 Å². The van der Waals surface area contributed by atoms with Crippen LogP contribution in [0, 0.1) is 29.6 Å². The van der Waals surface area contributed by atoms with Crippen molar-refractivity contribution in [3.8, 4) is 12.1 Å². The van der Waals surface area contributed by atoms with Gasteiger partial charge in [0.15, 0.2) is 0 Å². The largest absolute Gasteiger partial charge is 0.353 e. The van der Waals surface area contributed by atoms with Crippen molar-refractivity contribution >= 4 is 5.82 Å². The zero-order chi connectivity index (χ0) is 15.2. The quantitative estimate of drug-likeness (QED) is 0.846. The van der Waals surface area contributed by atoms with E-state index in [4.69, 9.17) is 0 Å². The first-order valence-corrected chi connectivity index (χ1v) is 7.45. The molecule has 1 aromatic heterocycles. The van der Waals surface area contributed by atoms with Crippen LogP contribution >= 0.6 is 0 Å². The Bertz CT molecular complexity index is 561. The number of piperazine rings is 1. The van der Waals surface area contributed by atoms with Gasteiger partial charge in [-0.05, 0) is 25.0 Å². The molecule has 0 aliphatic carbocycles. The molecule has 0 aromatic carbocycles. The van der Waals surface area contributed by atoms with Crippen LogP contribution in [0.4, 0.5) is 5.82 Å². The van der Waals surface area contributed by atoms with Gasteiger partial charge in [-0.1, -0.05) is 13.3 Å². The minimum absolute atomic E-state index is 0.0121. The Morgan fingerprint density at radius 3 is 2.57 bits per heavy atom. The van der Waals surface area contributed by atoms with E-state index in [1.807, 2.05) is 13.0 Å². The fourth-order valence-corrected chi connectivity index (χ4v) is 2.77. The Kier molecular flexibility index (Phi) is 5.14. The highest BCUT2D eigenvalue weighted by Crippen LogP contribution is 2.22. The average Bonchev–Trinajstić information content (AvgIpc) is 2.52. The van der Waals surface area contributed by atoms with Crippen molar-refractivity contribution in [3.63, 3.8) is 0 Å². The summed E-state index contributed by atoms with van der Waals surface area (Å²) in [7, 11) is 0. The average molecular weight is 283 g/mol. The normalized spacial score (nSPS) is 17.0. The summed E-state index contributed by atoms with van der Waals surface area (Å²) in [6.45, 7) is 7.36. The molecule has 0 saturated carbocycles. The molecule has 2 heterocycles. The summed E-state index contributed by atoms with van der Waals surface area (Å²) in [5.74, 6) is 0.779. The molecular weight excluding hydrogens is 262 g/mol. The van der Waals surface area contributed by atoms with E-state index in [2.05, 4.69) is 33.8 Å². The highest BCUT2D eigenvalue weighted by molar-refractivity contribution is 5.57. The molecule has 2 rings (SSSR count). The molecule has 1 saturated heterocycles. The molecule has 110 valence electrons. The first kappa shape index (κ1) is 15.3. The summed E-state index contributed by atoms with van der Waals surface area (Å²) in [5, 5.41) is 18.6. The van der Waals surface area contributed by atoms with Gasteiger partial charge >= 0.3 is 0 Å². The van der Waals surface area contributed by atoms with Crippen LogP contribution in [-0.2, 0) is 0 Å². The van der Waals surface area contributed by atoms with E-state index in [1.165, 1.54) is 0 Å². The summed E-state index contributed by atoms with van der Waals surface area (Å²) < 4.78 is 0. The van der Waals surface area contributed by atoms with Gasteiger partial charge in [0.25, 0.3) is 0 Å². The second kappa shape index (κ2) is 7.06. The number of nitriles is 2. The molecule has 1 aliphatic heterocycles. The minimum atomic E-state index is 0.0121. The third-order valence-corrected chi connectivity index (χ3v) is 4.02. The van der Waals surface area contributed by atoms with E-state index in [1.54, 1.807) is 6.20 Å². The van der Waals surface area contributed by atoms with Gasteiger partial charge in [0.2, 0.25) is 0 Å². The third kappa shape index (κ3) is 3.32. The molecular formula is C16H21N5. The fraction of sp³-hybridized carbons (Fsp3) is 0.562. The molecule has 0 radical (unpaired) electrons. The topological polar surface area (TPSA) is 67.0 Å². The number of anilines is 1. The number of hydrogen-bond acceptors (Lipinski definition) is 5. The van der Waals surface area contributed by atoms with Crippen LogP contribution in [0.3, 0.4) is 0 Å². The van der Waals surface area contributed by atoms with Crippen LogP contribution in [0.2, 0.25) is 0 Å². The summed E-state index contributed by atoms with van der Waals surface area (Å²) in [6.07, 6.45) is 3.70. The lowest BCUT2D eigenvalue weighted by atomic mass is 10.1. The van der Waals surface area contributed by atoms with Crippen molar-refractivity contribution in [1.82, 2.24) is 9.88 Å². The molecule has 1 unspecified atom stereocenters. The summed E-state index contributed by atoms with van der Waals surface area (Å²) in [5.41, 5.74) is 1.63. The molecule has 21 heavy (non-hydrogen) atoms. The van der Waals surface area contributed by atoms with Gasteiger partial charge in [0.05, 0.1) is 17.7 Å². The summed E-state index contributed by atoms with van der Waals surface area (Å²) in [4.78, 5) is 8.77. The second-order valence-corrected chi connectivity index (χ2v) is 5.39. The summed E-state index contributed by atoms with van der Waals surface area (Å²) in [6, 6.07) is 6.53. The van der Waals surface area contributed by atoms with Crippen molar-refractivity contribution in [1.29, 1.82) is 10.5 Å². The Hall–Kier alpha value is -2.11. The van der Waals surface area contributed by atoms with Gasteiger partial charge < -0.3 is 4.90 Å². The summed E-state index contributed by atoms with van der Waals surface area (Å²) >= 11 is 0. The molecule has 5 nitrogen and oxygen atoms in total. The lowest BCUT2D eigenvalue weighted by Crippen LogP contribution is -2.50. The number of rotatable bonds is 4. The number of aryl methyl sites for hydroxylation is 1. The number of aromatic nitrogens is 1. The number of nitrogens with zero attached hydrogens (tertiary/aromatic N) is 5. The number of pyridine rings is 1. The Morgan fingerprint density at radius 1 is 1.29 bits per heavy atom. The van der Waals surface area contributed by atoms with E-state index in [0.717, 1.165) is 50.4 Å². The van der Waals surface area contributed by atoms with E-state index >= 15 is 0 Å². The van der Waals surface area contributed by atoms with Crippen molar-refractivity contribution in [3.05, 3.63) is 23.4 Å². The first-order chi connectivity index (χ1) is 10.2. The van der Waals surface area contributed by atoms with Gasteiger partial charge in [-0.3, -0.25) is 4.90 Å². The van der Waals surface area contributed by atoms with Crippen molar-refractivity contribution < 1.29 is 0 Å². The van der Waals surface area contributed by atoms with Gasteiger partial charge in [-0.15, -0.1) is 0 Å². The molecule has 0 amide bonds. The molecule has 0 bridgehead atoms. The molecule has 1 atom stereocenters. The van der Waals surface area contributed by atoms with Gasteiger partial charge in [-0.2, -0.15) is 10.5 Å². The van der Waals surface area contributed by atoms with E-state index in [-0.39, 0.29) is 6.04 Å². The van der Waals surface area contributed by atoms with Crippen LogP contribution in [0.5, 0.6) is 0 Å².